The topological polar surface area (TPSA) is 125 Å². The van der Waals surface area contributed by atoms with Gasteiger partial charge in [-0.15, -0.1) is 0 Å². The number of allylic oxidation sites excluding steroid dienone is 1. The third-order valence-corrected chi connectivity index (χ3v) is 6.55. The maximum absolute atomic E-state index is 11.8. The molecule has 0 fully saturated rings. The highest BCUT2D eigenvalue weighted by molar-refractivity contribution is 7.45. The highest BCUT2D eigenvalue weighted by Crippen LogP contribution is 2.38. The molecule has 0 rings (SSSR count). The predicted octanol–water partition coefficient (Wildman–Crippen LogP) is 4.11. The van der Waals surface area contributed by atoms with Crippen molar-refractivity contribution in [2.45, 2.75) is 103 Å². The van der Waals surface area contributed by atoms with Gasteiger partial charge < -0.3 is 33.4 Å². The molecule has 2 unspecified atom stereocenters. The van der Waals surface area contributed by atoms with Crippen LogP contribution < -0.4 is 4.89 Å². The SMILES string of the molecule is CCCCCCCC(O)/C=C\CCCCCCCC(=O)OC[C@@H](O)COP(=O)([O-])OCC[N+](C)(C)C. The van der Waals surface area contributed by atoms with Crippen molar-refractivity contribution >= 4 is 13.8 Å². The van der Waals surface area contributed by atoms with Crippen molar-refractivity contribution < 1.29 is 42.7 Å². The first-order valence-electron chi connectivity index (χ1n) is 13.5. The molecule has 2 N–H and O–H groups in total. The van der Waals surface area contributed by atoms with Crippen molar-refractivity contribution in [3.8, 4) is 0 Å². The normalized spacial score (nSPS) is 15.6. The van der Waals surface area contributed by atoms with Crippen LogP contribution in [0.3, 0.4) is 0 Å². The molecule has 36 heavy (non-hydrogen) atoms. The molecule has 0 aliphatic carbocycles. The van der Waals surface area contributed by atoms with Crippen molar-refractivity contribution in [3.05, 3.63) is 12.2 Å². The minimum atomic E-state index is -4.51. The summed E-state index contributed by atoms with van der Waals surface area (Å²) in [5.41, 5.74) is 0. The number of esters is 1. The summed E-state index contributed by atoms with van der Waals surface area (Å²) < 4.78 is 26.6. The lowest BCUT2D eigenvalue weighted by atomic mass is 10.1. The molecule has 0 aliphatic heterocycles. The molecule has 0 aliphatic rings. The minimum absolute atomic E-state index is 0.0194. The number of hydrogen-bond acceptors (Lipinski definition) is 8. The van der Waals surface area contributed by atoms with E-state index >= 15 is 0 Å². The molecular weight excluding hydrogens is 485 g/mol. The van der Waals surface area contributed by atoms with E-state index in [4.69, 9.17) is 9.26 Å². The Morgan fingerprint density at radius 2 is 1.58 bits per heavy atom. The smallest absolute Gasteiger partial charge is 0.305 e. The van der Waals surface area contributed by atoms with Crippen molar-refractivity contribution in [2.75, 3.05) is 47.5 Å². The zero-order valence-electron chi connectivity index (χ0n) is 23.1. The van der Waals surface area contributed by atoms with Gasteiger partial charge in [-0.1, -0.05) is 70.4 Å². The summed E-state index contributed by atoms with van der Waals surface area (Å²) in [6.45, 7) is 1.81. The first kappa shape index (κ1) is 35.2. The first-order chi connectivity index (χ1) is 16.9. The second kappa shape index (κ2) is 21.2. The second-order valence-corrected chi connectivity index (χ2v) is 11.8. The molecule has 0 aromatic rings. The lowest BCUT2D eigenvalue weighted by Gasteiger charge is -2.27. The molecule has 0 saturated heterocycles. The minimum Gasteiger partial charge on any atom is -0.756 e. The van der Waals surface area contributed by atoms with Crippen molar-refractivity contribution in [1.82, 2.24) is 0 Å². The maximum Gasteiger partial charge on any atom is 0.305 e. The molecule has 0 heterocycles. The van der Waals surface area contributed by atoms with E-state index in [1.165, 1.54) is 25.7 Å². The van der Waals surface area contributed by atoms with Gasteiger partial charge in [-0.25, -0.2) is 0 Å². The number of phosphoric acid groups is 1. The zero-order chi connectivity index (χ0) is 27.3. The molecule has 0 saturated carbocycles. The van der Waals surface area contributed by atoms with Gasteiger partial charge in [0.15, 0.2) is 0 Å². The third-order valence-electron chi connectivity index (χ3n) is 5.59. The van der Waals surface area contributed by atoms with Crippen LogP contribution in [0.15, 0.2) is 12.2 Å². The van der Waals surface area contributed by atoms with Crippen molar-refractivity contribution in [2.24, 2.45) is 0 Å². The third kappa shape index (κ3) is 24.9. The number of carbonyl (C=O) groups is 1. The van der Waals surface area contributed by atoms with Crippen LogP contribution in [0, 0.1) is 0 Å². The van der Waals surface area contributed by atoms with E-state index in [2.05, 4.69) is 17.5 Å². The van der Waals surface area contributed by atoms with E-state index in [1.807, 2.05) is 27.2 Å². The molecule has 214 valence electrons. The Bertz CT molecular complexity index is 624. The van der Waals surface area contributed by atoms with Crippen LogP contribution in [0.2, 0.25) is 0 Å². The summed E-state index contributed by atoms with van der Waals surface area (Å²) in [6.07, 6.45) is 15.2. The Kier molecular flexibility index (Phi) is 20.7. The van der Waals surface area contributed by atoms with E-state index in [0.29, 0.717) is 17.4 Å². The fourth-order valence-electron chi connectivity index (χ4n) is 3.32. The van der Waals surface area contributed by atoms with Gasteiger partial charge in [0, 0.05) is 6.42 Å². The average Bonchev–Trinajstić information content (AvgIpc) is 2.79. The number of carbonyl (C=O) groups excluding carboxylic acids is 1. The molecule has 0 radical (unpaired) electrons. The lowest BCUT2D eigenvalue weighted by molar-refractivity contribution is -0.870. The zero-order valence-corrected chi connectivity index (χ0v) is 24.0. The Balaban J connectivity index is 3.67. The number of ether oxygens (including phenoxy) is 1. The number of phosphoric ester groups is 1. The van der Waals surface area contributed by atoms with Crippen LogP contribution in [-0.2, 0) is 23.1 Å². The largest absolute Gasteiger partial charge is 0.756 e. The van der Waals surface area contributed by atoms with Gasteiger partial charge >= 0.3 is 5.97 Å². The number of unbranched alkanes of at least 4 members (excludes halogenated alkanes) is 9. The van der Waals surface area contributed by atoms with Crippen molar-refractivity contribution in [1.29, 1.82) is 0 Å². The first-order valence-corrected chi connectivity index (χ1v) is 15.0. The Morgan fingerprint density at radius 1 is 0.944 bits per heavy atom. The molecule has 0 aromatic carbocycles. The summed E-state index contributed by atoms with van der Waals surface area (Å²) in [7, 11) is 1.21. The molecule has 0 aromatic heterocycles. The summed E-state index contributed by atoms with van der Waals surface area (Å²) in [6, 6.07) is 0. The van der Waals surface area contributed by atoms with E-state index < -0.39 is 26.5 Å². The van der Waals surface area contributed by atoms with E-state index in [-0.39, 0.29) is 25.7 Å². The molecular formula is C26H52NO8P. The van der Waals surface area contributed by atoms with Crippen LogP contribution in [0.1, 0.15) is 90.4 Å². The maximum atomic E-state index is 11.8. The fourth-order valence-corrected chi connectivity index (χ4v) is 4.05. The molecule has 0 spiro atoms. The fraction of sp³-hybridized carbons (Fsp3) is 0.885. The highest BCUT2D eigenvalue weighted by atomic mass is 31.2. The Labute approximate surface area is 219 Å². The van der Waals surface area contributed by atoms with Gasteiger partial charge in [0.25, 0.3) is 7.82 Å². The van der Waals surface area contributed by atoms with E-state index in [0.717, 1.165) is 44.9 Å². The summed E-state index contributed by atoms with van der Waals surface area (Å²) in [4.78, 5) is 23.5. The quantitative estimate of drug-likeness (QED) is 0.0620. The van der Waals surface area contributed by atoms with Gasteiger partial charge in [0.1, 0.15) is 25.9 Å². The Hall–Kier alpha value is -0.800. The van der Waals surface area contributed by atoms with Crippen LogP contribution >= 0.6 is 7.82 Å². The summed E-state index contributed by atoms with van der Waals surface area (Å²) in [5.74, 6) is -0.426. The lowest BCUT2D eigenvalue weighted by Crippen LogP contribution is -2.37. The summed E-state index contributed by atoms with van der Waals surface area (Å²) in [5, 5.41) is 19.7. The molecule has 10 heteroatoms. The van der Waals surface area contributed by atoms with Crippen LogP contribution in [0.25, 0.3) is 0 Å². The van der Waals surface area contributed by atoms with Gasteiger partial charge in [-0.3, -0.25) is 9.36 Å². The predicted molar refractivity (Wildman–Crippen MR) is 140 cm³/mol. The number of likely N-dealkylation sites (N-methyl/N-ethyl adjacent to an activating group) is 1. The number of quaternary nitrogens is 1. The number of aliphatic hydroxyl groups is 2. The monoisotopic (exact) mass is 537 g/mol. The van der Waals surface area contributed by atoms with Crippen LogP contribution in [0.4, 0.5) is 0 Å². The average molecular weight is 538 g/mol. The van der Waals surface area contributed by atoms with Gasteiger partial charge in [-0.2, -0.15) is 0 Å². The van der Waals surface area contributed by atoms with Gasteiger partial charge in [0.05, 0.1) is 33.9 Å². The molecule has 0 bridgehead atoms. The van der Waals surface area contributed by atoms with Crippen molar-refractivity contribution in [3.63, 3.8) is 0 Å². The van der Waals surface area contributed by atoms with E-state index in [9.17, 15) is 24.5 Å². The summed E-state index contributed by atoms with van der Waals surface area (Å²) >= 11 is 0. The molecule has 0 amide bonds. The van der Waals surface area contributed by atoms with Gasteiger partial charge in [-0.05, 0) is 25.7 Å². The van der Waals surface area contributed by atoms with E-state index in [1.54, 1.807) is 0 Å². The van der Waals surface area contributed by atoms with Crippen LogP contribution in [-0.4, -0.2) is 80.4 Å². The second-order valence-electron chi connectivity index (χ2n) is 10.4. The number of aliphatic hydroxyl groups excluding tert-OH is 2. The molecule has 9 nitrogen and oxygen atoms in total. The highest BCUT2D eigenvalue weighted by Gasteiger charge is 2.16. The Morgan fingerprint density at radius 3 is 2.28 bits per heavy atom. The number of hydrogen-bond donors (Lipinski definition) is 2. The molecule has 3 atom stereocenters. The standard InChI is InChI=1S/C26H52NO8P/c1-5-6-7-11-14-17-24(28)18-15-12-9-8-10-13-16-19-26(30)33-22-25(29)23-35-36(31,32)34-21-20-27(2,3)4/h15,18,24-25,28-29H,5-14,16-17,19-23H2,1-4H3/b18-15-/t24?,25-/m1/s1. The number of nitrogens with zero attached hydrogens (tertiary/aromatic N) is 1. The van der Waals surface area contributed by atoms with Crippen LogP contribution in [0.5, 0.6) is 0 Å². The van der Waals surface area contributed by atoms with Gasteiger partial charge in [0.2, 0.25) is 0 Å². The number of rotatable bonds is 24.